The van der Waals surface area contributed by atoms with E-state index < -0.39 is 11.7 Å². The van der Waals surface area contributed by atoms with Crippen LogP contribution in [-0.4, -0.2) is 46.5 Å². The van der Waals surface area contributed by atoms with E-state index in [0.717, 1.165) is 12.1 Å². The molecule has 1 saturated heterocycles. The number of rotatable bonds is 4. The van der Waals surface area contributed by atoms with Gasteiger partial charge in [0.1, 0.15) is 6.54 Å². The van der Waals surface area contributed by atoms with Gasteiger partial charge in [0.05, 0.1) is 11.9 Å². The first kappa shape index (κ1) is 19.9. The van der Waals surface area contributed by atoms with Gasteiger partial charge in [0.15, 0.2) is 0 Å². The average molecular weight is 394 g/mol. The highest BCUT2D eigenvalue weighted by Gasteiger charge is 2.31. The Hall–Kier alpha value is -2.84. The predicted molar refractivity (Wildman–Crippen MR) is 98.1 cm³/mol. The van der Waals surface area contributed by atoms with Crippen LogP contribution in [0.15, 0.2) is 41.5 Å². The fourth-order valence-corrected chi connectivity index (χ4v) is 3.11. The van der Waals surface area contributed by atoms with Gasteiger partial charge in [-0.2, -0.15) is 13.2 Å². The molecule has 2 heterocycles. The van der Waals surface area contributed by atoms with Crippen LogP contribution >= 0.6 is 0 Å². The molecule has 0 radical (unpaired) electrons. The molecule has 0 aliphatic carbocycles. The Balaban J connectivity index is 1.61. The van der Waals surface area contributed by atoms with E-state index in [4.69, 9.17) is 0 Å². The van der Waals surface area contributed by atoms with Crippen LogP contribution in [0, 0.1) is 0 Å². The number of amides is 1. The van der Waals surface area contributed by atoms with Gasteiger partial charge in [0.25, 0.3) is 5.56 Å². The Labute approximate surface area is 160 Å². The highest BCUT2D eigenvalue weighted by Crippen LogP contribution is 2.31. The molecule has 3 rings (SSSR count). The number of anilines is 1. The van der Waals surface area contributed by atoms with Crippen molar-refractivity contribution < 1.29 is 18.0 Å². The molecule has 0 unspecified atom stereocenters. The van der Waals surface area contributed by atoms with E-state index in [9.17, 15) is 22.8 Å². The molecule has 0 N–H and O–H groups in total. The van der Waals surface area contributed by atoms with Gasteiger partial charge in [0.2, 0.25) is 5.91 Å². The van der Waals surface area contributed by atoms with E-state index in [2.05, 4.69) is 4.98 Å². The van der Waals surface area contributed by atoms with Crippen LogP contribution in [0.4, 0.5) is 18.9 Å². The number of carbonyl (C=O) groups is 1. The summed E-state index contributed by atoms with van der Waals surface area (Å²) in [6, 6.07) is 6.60. The van der Waals surface area contributed by atoms with Gasteiger partial charge >= 0.3 is 6.18 Å². The molecular formula is C19H21F3N4O2. The molecule has 9 heteroatoms. The molecule has 2 aromatic rings. The first-order valence-corrected chi connectivity index (χ1v) is 9.03. The molecule has 0 saturated carbocycles. The number of aromatic nitrogens is 2. The SMILES string of the molecule is CCc1cc(=O)n(CC(=O)N2CCN(c3cccc(C(F)(F)F)c3)CC2)cn1. The number of benzene rings is 1. The average Bonchev–Trinajstić information content (AvgIpc) is 2.69. The quantitative estimate of drug-likeness (QED) is 0.798. The first-order chi connectivity index (χ1) is 13.3. The maximum absolute atomic E-state index is 12.9. The molecule has 1 aliphatic rings. The minimum absolute atomic E-state index is 0.0978. The second-order valence-corrected chi connectivity index (χ2v) is 6.62. The Bertz CT molecular complexity index is 903. The van der Waals surface area contributed by atoms with Crippen molar-refractivity contribution in [1.29, 1.82) is 0 Å². The van der Waals surface area contributed by atoms with E-state index >= 15 is 0 Å². The fourth-order valence-electron chi connectivity index (χ4n) is 3.11. The lowest BCUT2D eigenvalue weighted by atomic mass is 10.1. The van der Waals surface area contributed by atoms with Crippen molar-refractivity contribution in [3.05, 3.63) is 58.3 Å². The molecule has 1 amide bonds. The summed E-state index contributed by atoms with van der Waals surface area (Å²) in [4.78, 5) is 32.1. The van der Waals surface area contributed by atoms with Crippen molar-refractivity contribution in [2.45, 2.75) is 26.1 Å². The highest BCUT2D eigenvalue weighted by molar-refractivity contribution is 5.76. The largest absolute Gasteiger partial charge is 0.416 e. The first-order valence-electron chi connectivity index (χ1n) is 9.03. The normalized spacial score (nSPS) is 15.0. The summed E-state index contributed by atoms with van der Waals surface area (Å²) in [5.74, 6) is -0.211. The monoisotopic (exact) mass is 394 g/mol. The lowest BCUT2D eigenvalue weighted by Crippen LogP contribution is -2.50. The maximum Gasteiger partial charge on any atom is 0.416 e. The minimum Gasteiger partial charge on any atom is -0.368 e. The van der Waals surface area contributed by atoms with E-state index in [0.29, 0.717) is 44.0 Å². The van der Waals surface area contributed by atoms with E-state index in [1.807, 2.05) is 11.8 Å². The smallest absolute Gasteiger partial charge is 0.368 e. The summed E-state index contributed by atoms with van der Waals surface area (Å²) in [5.41, 5.74) is 0.189. The van der Waals surface area contributed by atoms with Gasteiger partial charge in [-0.3, -0.25) is 14.2 Å². The third-order valence-corrected chi connectivity index (χ3v) is 4.77. The van der Waals surface area contributed by atoms with Gasteiger partial charge in [-0.05, 0) is 24.6 Å². The second kappa shape index (κ2) is 8.04. The summed E-state index contributed by atoms with van der Waals surface area (Å²) in [7, 11) is 0. The number of alkyl halides is 3. The highest BCUT2D eigenvalue weighted by atomic mass is 19.4. The van der Waals surface area contributed by atoms with Crippen molar-refractivity contribution in [3.8, 4) is 0 Å². The third kappa shape index (κ3) is 4.52. The van der Waals surface area contributed by atoms with Crippen LogP contribution in [0.25, 0.3) is 0 Å². The molecule has 1 fully saturated rings. The number of carbonyl (C=O) groups excluding carboxylic acids is 1. The molecule has 0 atom stereocenters. The number of piperazine rings is 1. The minimum atomic E-state index is -4.39. The zero-order valence-corrected chi connectivity index (χ0v) is 15.4. The third-order valence-electron chi connectivity index (χ3n) is 4.77. The number of aryl methyl sites for hydroxylation is 1. The van der Waals surface area contributed by atoms with Crippen molar-refractivity contribution in [2.75, 3.05) is 31.1 Å². The predicted octanol–water partition coefficient (Wildman–Crippen LogP) is 2.17. The van der Waals surface area contributed by atoms with Gasteiger partial charge in [-0.1, -0.05) is 13.0 Å². The molecule has 150 valence electrons. The van der Waals surface area contributed by atoms with Crippen molar-refractivity contribution in [3.63, 3.8) is 0 Å². The molecule has 6 nitrogen and oxygen atoms in total. The van der Waals surface area contributed by atoms with Crippen LogP contribution in [0.1, 0.15) is 18.2 Å². The van der Waals surface area contributed by atoms with Crippen molar-refractivity contribution >= 4 is 11.6 Å². The zero-order chi connectivity index (χ0) is 20.3. The lowest BCUT2D eigenvalue weighted by Gasteiger charge is -2.36. The number of hydrogen-bond acceptors (Lipinski definition) is 4. The van der Waals surface area contributed by atoms with Crippen LogP contribution in [0.2, 0.25) is 0 Å². The van der Waals surface area contributed by atoms with Crippen molar-refractivity contribution in [1.82, 2.24) is 14.5 Å². The van der Waals surface area contributed by atoms with E-state index in [1.165, 1.54) is 23.0 Å². The summed E-state index contributed by atoms with van der Waals surface area (Å²) < 4.78 is 39.9. The molecular weight excluding hydrogens is 373 g/mol. The number of hydrogen-bond donors (Lipinski definition) is 0. The van der Waals surface area contributed by atoms with Gasteiger partial charge < -0.3 is 9.80 Å². The van der Waals surface area contributed by atoms with E-state index in [1.54, 1.807) is 11.0 Å². The Morgan fingerprint density at radius 2 is 1.86 bits per heavy atom. The topological polar surface area (TPSA) is 58.4 Å². The van der Waals surface area contributed by atoms with Crippen molar-refractivity contribution in [2.24, 2.45) is 0 Å². The fraction of sp³-hybridized carbons (Fsp3) is 0.421. The van der Waals surface area contributed by atoms with Gasteiger partial charge in [0, 0.05) is 43.6 Å². The number of nitrogens with zero attached hydrogens (tertiary/aromatic N) is 4. The molecule has 0 spiro atoms. The van der Waals surface area contributed by atoms with E-state index in [-0.39, 0.29) is 18.0 Å². The summed E-state index contributed by atoms with van der Waals surface area (Å²) in [6.45, 7) is 3.40. The zero-order valence-electron chi connectivity index (χ0n) is 15.4. The molecule has 1 aliphatic heterocycles. The Morgan fingerprint density at radius 3 is 2.46 bits per heavy atom. The number of halogens is 3. The second-order valence-electron chi connectivity index (χ2n) is 6.62. The van der Waals surface area contributed by atoms with Crippen LogP contribution in [-0.2, 0) is 23.9 Å². The van der Waals surface area contributed by atoms with Crippen LogP contribution in [0.5, 0.6) is 0 Å². The Kier molecular flexibility index (Phi) is 5.71. The Morgan fingerprint density at radius 1 is 1.14 bits per heavy atom. The summed E-state index contributed by atoms with van der Waals surface area (Å²) in [5, 5.41) is 0. The molecule has 0 bridgehead atoms. The molecule has 1 aromatic heterocycles. The van der Waals surface area contributed by atoms with Gasteiger partial charge in [-0.25, -0.2) is 4.98 Å². The summed E-state index contributed by atoms with van der Waals surface area (Å²) >= 11 is 0. The molecule has 1 aromatic carbocycles. The van der Waals surface area contributed by atoms with Crippen LogP contribution < -0.4 is 10.5 Å². The van der Waals surface area contributed by atoms with Gasteiger partial charge in [-0.15, -0.1) is 0 Å². The maximum atomic E-state index is 12.9. The standard InChI is InChI=1S/C19H21F3N4O2/c1-2-15-11-17(27)26(13-23-15)12-18(28)25-8-6-24(7-9-25)16-5-3-4-14(10-16)19(20,21)22/h3-5,10-11,13H,2,6-9,12H2,1H3. The van der Waals surface area contributed by atoms with Crippen LogP contribution in [0.3, 0.4) is 0 Å². The molecule has 28 heavy (non-hydrogen) atoms. The summed E-state index contributed by atoms with van der Waals surface area (Å²) in [6.07, 6.45) is -2.37. The lowest BCUT2D eigenvalue weighted by molar-refractivity contribution is -0.137.